The van der Waals surface area contributed by atoms with Crippen LogP contribution in [0, 0.1) is 0 Å². The summed E-state index contributed by atoms with van der Waals surface area (Å²) in [6.07, 6.45) is 3.02. The number of aliphatic imine (C=N–C) groups is 1. The molecule has 1 aromatic rings. The molecule has 16 heavy (non-hydrogen) atoms. The Kier molecular flexibility index (Phi) is 3.62. The van der Waals surface area contributed by atoms with E-state index in [-0.39, 0.29) is 0 Å². The molecule has 0 bridgehead atoms. The van der Waals surface area contributed by atoms with E-state index in [1.807, 2.05) is 36.5 Å². The number of benzene rings is 1. The van der Waals surface area contributed by atoms with Crippen LogP contribution in [0.15, 0.2) is 40.4 Å². The van der Waals surface area contributed by atoms with E-state index >= 15 is 0 Å². The van der Waals surface area contributed by atoms with Gasteiger partial charge in [-0.1, -0.05) is 42.1 Å². The highest BCUT2D eigenvalue weighted by atomic mass is 32.2. The molecular formula is C12H15N3S. The Balaban J connectivity index is 2.19. The number of hydrogen-bond acceptors (Lipinski definition) is 3. The minimum Gasteiger partial charge on any atom is -0.264 e. The van der Waals surface area contributed by atoms with Gasteiger partial charge in [-0.25, -0.2) is 5.01 Å². The molecule has 1 aliphatic rings. The van der Waals surface area contributed by atoms with Gasteiger partial charge in [-0.2, -0.15) is 5.10 Å². The van der Waals surface area contributed by atoms with Crippen LogP contribution in [0.4, 0.5) is 0 Å². The van der Waals surface area contributed by atoms with Crippen LogP contribution in [-0.4, -0.2) is 35.7 Å². The van der Waals surface area contributed by atoms with Crippen molar-refractivity contribution in [2.24, 2.45) is 10.1 Å². The van der Waals surface area contributed by atoms with Crippen LogP contribution in [0.25, 0.3) is 0 Å². The van der Waals surface area contributed by atoms with E-state index in [4.69, 9.17) is 0 Å². The van der Waals surface area contributed by atoms with Crippen LogP contribution < -0.4 is 0 Å². The zero-order valence-corrected chi connectivity index (χ0v) is 10.4. The Bertz CT molecular complexity index is 412. The third kappa shape index (κ3) is 2.27. The Hall–Kier alpha value is -1.29. The van der Waals surface area contributed by atoms with E-state index in [0.717, 1.165) is 23.8 Å². The third-order valence-electron chi connectivity index (χ3n) is 2.50. The summed E-state index contributed by atoms with van der Waals surface area (Å²) < 4.78 is 0. The molecule has 0 spiro atoms. The summed E-state index contributed by atoms with van der Waals surface area (Å²) in [4.78, 5) is 4.22. The quantitative estimate of drug-likeness (QED) is 0.550. The summed E-state index contributed by atoms with van der Waals surface area (Å²) in [6.45, 7) is 0.928. The van der Waals surface area contributed by atoms with Crippen molar-refractivity contribution < 1.29 is 0 Å². The van der Waals surface area contributed by atoms with Crippen LogP contribution in [0.1, 0.15) is 12.0 Å². The van der Waals surface area contributed by atoms with E-state index < -0.39 is 0 Å². The average Bonchev–Trinajstić information content (AvgIpc) is 2.81. The molecule has 0 N–H and O–H groups in total. The Morgan fingerprint density at radius 1 is 1.38 bits per heavy atom. The highest BCUT2D eigenvalue weighted by molar-refractivity contribution is 8.13. The first kappa shape index (κ1) is 11.2. The van der Waals surface area contributed by atoms with Crippen LogP contribution >= 0.6 is 11.8 Å². The summed E-state index contributed by atoms with van der Waals surface area (Å²) in [5.74, 6) is 0. The minimum atomic E-state index is 0.928. The van der Waals surface area contributed by atoms with Crippen molar-refractivity contribution in [1.29, 1.82) is 0 Å². The summed E-state index contributed by atoms with van der Waals surface area (Å²) in [5.41, 5.74) is 2.36. The van der Waals surface area contributed by atoms with Gasteiger partial charge in [-0.3, -0.25) is 4.99 Å². The monoisotopic (exact) mass is 233 g/mol. The van der Waals surface area contributed by atoms with Gasteiger partial charge in [0, 0.05) is 20.0 Å². The molecule has 0 aliphatic carbocycles. The maximum absolute atomic E-state index is 4.60. The van der Waals surface area contributed by atoms with Crippen LogP contribution in [0.5, 0.6) is 0 Å². The zero-order valence-electron chi connectivity index (χ0n) is 9.55. The van der Waals surface area contributed by atoms with Crippen LogP contribution in [0.2, 0.25) is 0 Å². The highest BCUT2D eigenvalue weighted by Crippen LogP contribution is 2.17. The van der Waals surface area contributed by atoms with Gasteiger partial charge < -0.3 is 0 Å². The molecule has 0 saturated carbocycles. The molecule has 1 aromatic carbocycles. The molecule has 0 radical (unpaired) electrons. The number of hydrogen-bond donors (Lipinski definition) is 0. The van der Waals surface area contributed by atoms with Gasteiger partial charge >= 0.3 is 0 Å². The van der Waals surface area contributed by atoms with Crippen molar-refractivity contribution >= 4 is 22.6 Å². The Morgan fingerprint density at radius 2 is 2.12 bits per heavy atom. The summed E-state index contributed by atoms with van der Waals surface area (Å²) in [7, 11) is 1.81. The molecule has 1 aliphatic heterocycles. The molecule has 2 rings (SSSR count). The normalized spacial score (nSPS) is 16.5. The van der Waals surface area contributed by atoms with E-state index in [9.17, 15) is 0 Å². The molecule has 0 saturated heterocycles. The molecule has 0 fully saturated rings. The van der Waals surface area contributed by atoms with Crippen molar-refractivity contribution in [2.45, 2.75) is 6.42 Å². The van der Waals surface area contributed by atoms with Gasteiger partial charge in [0.05, 0.1) is 5.71 Å². The maximum Gasteiger partial charge on any atom is 0.179 e. The van der Waals surface area contributed by atoms with Crippen molar-refractivity contribution in [2.75, 3.05) is 19.8 Å². The number of rotatable bonds is 1. The van der Waals surface area contributed by atoms with Gasteiger partial charge in [0.25, 0.3) is 0 Å². The highest BCUT2D eigenvalue weighted by Gasteiger charge is 2.18. The molecule has 4 heteroatoms. The van der Waals surface area contributed by atoms with E-state index in [2.05, 4.69) is 22.2 Å². The van der Waals surface area contributed by atoms with Gasteiger partial charge in [-0.15, -0.1) is 0 Å². The van der Waals surface area contributed by atoms with Gasteiger partial charge in [0.1, 0.15) is 0 Å². The second-order valence-electron chi connectivity index (χ2n) is 3.50. The Morgan fingerprint density at radius 3 is 2.75 bits per heavy atom. The zero-order chi connectivity index (χ0) is 11.4. The van der Waals surface area contributed by atoms with Crippen molar-refractivity contribution in [1.82, 2.24) is 5.01 Å². The fraction of sp³-hybridized carbons (Fsp3) is 0.333. The van der Waals surface area contributed by atoms with Crippen LogP contribution in [-0.2, 0) is 0 Å². The van der Waals surface area contributed by atoms with Crippen molar-refractivity contribution in [3.63, 3.8) is 0 Å². The van der Waals surface area contributed by atoms with Gasteiger partial charge in [-0.05, 0) is 11.8 Å². The summed E-state index contributed by atoms with van der Waals surface area (Å²) >= 11 is 1.63. The molecular weight excluding hydrogens is 218 g/mol. The lowest BCUT2D eigenvalue weighted by Gasteiger charge is -2.12. The fourth-order valence-corrected chi connectivity index (χ4v) is 2.27. The van der Waals surface area contributed by atoms with E-state index in [1.165, 1.54) is 5.56 Å². The van der Waals surface area contributed by atoms with E-state index in [1.54, 1.807) is 11.8 Å². The standard InChI is InChI=1S/C12H15N3S/c1-13-12(16-2)15-9-8-11(14-15)10-6-4-3-5-7-10/h3-7H,8-9H2,1-2H3. The van der Waals surface area contributed by atoms with Crippen LogP contribution in [0.3, 0.4) is 0 Å². The topological polar surface area (TPSA) is 28.0 Å². The summed E-state index contributed by atoms with van der Waals surface area (Å²) in [5, 5.41) is 7.56. The largest absolute Gasteiger partial charge is 0.264 e. The van der Waals surface area contributed by atoms with Gasteiger partial charge in [0.2, 0.25) is 0 Å². The summed E-state index contributed by atoms with van der Waals surface area (Å²) in [6, 6.07) is 10.3. The number of amidine groups is 1. The van der Waals surface area contributed by atoms with Gasteiger partial charge in [0.15, 0.2) is 5.17 Å². The lowest BCUT2D eigenvalue weighted by Crippen LogP contribution is -2.19. The SMILES string of the molecule is CN=C(SC)N1CCC(c2ccccc2)=N1. The smallest absolute Gasteiger partial charge is 0.179 e. The predicted molar refractivity (Wildman–Crippen MR) is 71.2 cm³/mol. The minimum absolute atomic E-state index is 0.928. The molecule has 1 heterocycles. The lowest BCUT2D eigenvalue weighted by molar-refractivity contribution is 0.500. The second kappa shape index (κ2) is 5.16. The fourth-order valence-electron chi connectivity index (χ4n) is 1.74. The first-order chi connectivity index (χ1) is 7.85. The predicted octanol–water partition coefficient (Wildman–Crippen LogP) is 2.45. The van der Waals surface area contributed by atoms with Crippen molar-refractivity contribution in [3.05, 3.63) is 35.9 Å². The first-order valence-electron chi connectivity index (χ1n) is 5.26. The molecule has 0 unspecified atom stereocenters. The maximum atomic E-state index is 4.60. The molecule has 0 atom stereocenters. The van der Waals surface area contributed by atoms with E-state index in [0.29, 0.717) is 0 Å². The second-order valence-corrected chi connectivity index (χ2v) is 4.27. The number of nitrogens with zero attached hydrogens (tertiary/aromatic N) is 3. The lowest BCUT2D eigenvalue weighted by atomic mass is 10.1. The average molecular weight is 233 g/mol. The molecule has 0 aromatic heterocycles. The molecule has 0 amide bonds. The number of thioether (sulfide) groups is 1. The molecule has 3 nitrogen and oxygen atoms in total. The Labute approximate surface area is 100 Å². The number of hydrazone groups is 1. The van der Waals surface area contributed by atoms with Crippen molar-refractivity contribution in [3.8, 4) is 0 Å². The molecule has 84 valence electrons. The first-order valence-corrected chi connectivity index (χ1v) is 6.49. The third-order valence-corrected chi connectivity index (χ3v) is 3.26.